The normalized spacial score (nSPS) is 12.3. The summed E-state index contributed by atoms with van der Waals surface area (Å²) in [5.74, 6) is 1.61. The Morgan fingerprint density at radius 3 is 2.48 bits per heavy atom. The molecule has 0 heterocycles. The first-order chi connectivity index (χ1) is 11.9. The largest absolute Gasteiger partial charge is 0.492 e. The van der Waals surface area contributed by atoms with E-state index in [2.05, 4.69) is 10.3 Å². The molecule has 0 fully saturated rings. The fourth-order valence-electron chi connectivity index (χ4n) is 2.32. The number of aliphatic imine (C=N–C) groups is 1. The van der Waals surface area contributed by atoms with Crippen LogP contribution in [-0.4, -0.2) is 76.7 Å². The van der Waals surface area contributed by atoms with Crippen molar-refractivity contribution in [3.8, 4) is 5.75 Å². The third kappa shape index (κ3) is 8.22. The monoisotopic (exact) mass is 370 g/mol. The molecule has 1 rings (SSSR count). The summed E-state index contributed by atoms with van der Waals surface area (Å²) in [6.45, 7) is 4.73. The second-order valence-electron chi connectivity index (χ2n) is 5.67. The van der Waals surface area contributed by atoms with Crippen molar-refractivity contribution in [1.29, 1.82) is 0 Å². The van der Waals surface area contributed by atoms with Gasteiger partial charge in [0.25, 0.3) is 0 Å². The van der Waals surface area contributed by atoms with Crippen molar-refractivity contribution in [3.05, 3.63) is 30.3 Å². The second-order valence-corrected chi connectivity index (χ2v) is 7.65. The van der Waals surface area contributed by atoms with Gasteiger partial charge in [-0.05, 0) is 18.6 Å². The van der Waals surface area contributed by atoms with E-state index in [0.717, 1.165) is 11.7 Å². The molecule has 0 saturated heterocycles. The Labute approximate surface area is 151 Å². The molecule has 8 heteroatoms. The van der Waals surface area contributed by atoms with Gasteiger partial charge < -0.3 is 15.0 Å². The molecule has 0 amide bonds. The van der Waals surface area contributed by atoms with Crippen LogP contribution in [0.2, 0.25) is 0 Å². The third-order valence-electron chi connectivity index (χ3n) is 3.70. The van der Waals surface area contributed by atoms with Gasteiger partial charge in [0, 0.05) is 33.7 Å². The van der Waals surface area contributed by atoms with E-state index in [1.807, 2.05) is 49.2 Å². The van der Waals surface area contributed by atoms with E-state index in [1.165, 1.54) is 10.6 Å². The highest BCUT2D eigenvalue weighted by Gasteiger charge is 2.13. The molecule has 0 spiro atoms. The zero-order valence-corrected chi connectivity index (χ0v) is 16.4. The van der Waals surface area contributed by atoms with Crippen LogP contribution >= 0.6 is 0 Å². The van der Waals surface area contributed by atoms with Crippen molar-refractivity contribution in [1.82, 2.24) is 14.5 Å². The average Bonchev–Trinajstić information content (AvgIpc) is 2.58. The Morgan fingerprint density at radius 2 is 1.92 bits per heavy atom. The van der Waals surface area contributed by atoms with Crippen LogP contribution in [0.5, 0.6) is 5.75 Å². The van der Waals surface area contributed by atoms with Gasteiger partial charge in [-0.2, -0.15) is 0 Å². The molecule has 142 valence electrons. The lowest BCUT2D eigenvalue weighted by Gasteiger charge is -2.23. The van der Waals surface area contributed by atoms with Crippen molar-refractivity contribution in [2.24, 2.45) is 4.99 Å². The molecular weight excluding hydrogens is 340 g/mol. The minimum Gasteiger partial charge on any atom is -0.492 e. The predicted molar refractivity (Wildman–Crippen MR) is 103 cm³/mol. The molecular formula is C17H30N4O3S. The van der Waals surface area contributed by atoms with Gasteiger partial charge >= 0.3 is 0 Å². The molecule has 7 nitrogen and oxygen atoms in total. The summed E-state index contributed by atoms with van der Waals surface area (Å²) >= 11 is 0. The summed E-state index contributed by atoms with van der Waals surface area (Å²) in [5.41, 5.74) is 0. The Kier molecular flexibility index (Phi) is 9.30. The number of guanidine groups is 1. The van der Waals surface area contributed by atoms with Crippen LogP contribution in [0.1, 0.15) is 13.3 Å². The number of likely N-dealkylation sites (N-methyl/N-ethyl adjacent to an activating group) is 1. The highest BCUT2D eigenvalue weighted by Crippen LogP contribution is 2.07. The van der Waals surface area contributed by atoms with Crippen LogP contribution in [0.3, 0.4) is 0 Å². The van der Waals surface area contributed by atoms with E-state index in [9.17, 15) is 8.42 Å². The van der Waals surface area contributed by atoms with E-state index in [-0.39, 0.29) is 0 Å². The molecule has 0 atom stereocenters. The molecule has 0 aliphatic heterocycles. The highest BCUT2D eigenvalue weighted by atomic mass is 32.2. The first-order valence-electron chi connectivity index (χ1n) is 8.43. The topological polar surface area (TPSA) is 74.2 Å². The van der Waals surface area contributed by atoms with E-state index in [1.54, 1.807) is 7.05 Å². The zero-order valence-electron chi connectivity index (χ0n) is 15.6. The molecule has 1 N–H and O–H groups in total. The van der Waals surface area contributed by atoms with Crippen LogP contribution in [-0.2, 0) is 10.0 Å². The van der Waals surface area contributed by atoms with Crippen molar-refractivity contribution < 1.29 is 13.2 Å². The Balaban J connectivity index is 2.30. The molecule has 25 heavy (non-hydrogen) atoms. The van der Waals surface area contributed by atoms with Gasteiger partial charge in [0.2, 0.25) is 10.0 Å². The van der Waals surface area contributed by atoms with Crippen LogP contribution in [0.25, 0.3) is 0 Å². The predicted octanol–water partition coefficient (Wildman–Crippen LogP) is 1.24. The summed E-state index contributed by atoms with van der Waals surface area (Å²) in [7, 11) is 0.543. The van der Waals surface area contributed by atoms with E-state index < -0.39 is 10.0 Å². The third-order valence-corrected chi connectivity index (χ3v) is 5.08. The average molecular weight is 371 g/mol. The van der Waals surface area contributed by atoms with Gasteiger partial charge in [0.1, 0.15) is 12.4 Å². The maximum atomic E-state index is 11.5. The van der Waals surface area contributed by atoms with Gasteiger partial charge in [-0.15, -0.1) is 0 Å². The SMILES string of the molecule is CCN(CCCNC(=NC)N(C)CCOc1ccccc1)S(C)(=O)=O. The molecule has 0 aliphatic rings. The summed E-state index contributed by atoms with van der Waals surface area (Å²) in [6, 6.07) is 9.68. The van der Waals surface area contributed by atoms with Gasteiger partial charge in [0.05, 0.1) is 12.8 Å². The lowest BCUT2D eigenvalue weighted by atomic mass is 10.3. The number of hydrogen-bond donors (Lipinski definition) is 1. The number of benzene rings is 1. The van der Waals surface area contributed by atoms with Gasteiger partial charge in [-0.25, -0.2) is 12.7 Å². The number of nitrogens with one attached hydrogen (secondary N) is 1. The number of rotatable bonds is 10. The van der Waals surface area contributed by atoms with Gasteiger partial charge in [-0.3, -0.25) is 4.99 Å². The maximum absolute atomic E-state index is 11.5. The molecule has 0 saturated carbocycles. The first-order valence-corrected chi connectivity index (χ1v) is 10.3. The second kappa shape index (κ2) is 10.9. The molecule has 0 radical (unpaired) electrons. The Bertz CT molecular complexity index is 620. The van der Waals surface area contributed by atoms with E-state index >= 15 is 0 Å². The summed E-state index contributed by atoms with van der Waals surface area (Å²) in [5, 5.41) is 3.25. The molecule has 0 aromatic heterocycles. The summed E-state index contributed by atoms with van der Waals surface area (Å²) in [6.07, 6.45) is 1.96. The maximum Gasteiger partial charge on any atom is 0.211 e. The number of hydrogen-bond acceptors (Lipinski definition) is 4. The van der Waals surface area contributed by atoms with E-state index in [0.29, 0.717) is 39.2 Å². The zero-order chi connectivity index (χ0) is 18.7. The first kappa shape index (κ1) is 21.2. The quantitative estimate of drug-likeness (QED) is 0.381. The lowest BCUT2D eigenvalue weighted by molar-refractivity contribution is 0.281. The number of para-hydroxylation sites is 1. The van der Waals surface area contributed by atoms with Gasteiger partial charge in [-0.1, -0.05) is 25.1 Å². The fraction of sp³-hybridized carbons (Fsp3) is 0.588. The van der Waals surface area contributed by atoms with E-state index in [4.69, 9.17) is 4.74 Å². The van der Waals surface area contributed by atoms with Gasteiger partial charge in [0.15, 0.2) is 5.96 Å². The highest BCUT2D eigenvalue weighted by molar-refractivity contribution is 7.88. The van der Waals surface area contributed by atoms with Crippen LogP contribution < -0.4 is 10.1 Å². The van der Waals surface area contributed by atoms with Crippen LogP contribution in [0, 0.1) is 0 Å². The fourth-order valence-corrected chi connectivity index (χ4v) is 3.25. The van der Waals surface area contributed by atoms with Crippen molar-refractivity contribution in [3.63, 3.8) is 0 Å². The lowest BCUT2D eigenvalue weighted by Crippen LogP contribution is -2.42. The smallest absolute Gasteiger partial charge is 0.211 e. The summed E-state index contributed by atoms with van der Waals surface area (Å²) in [4.78, 5) is 6.23. The number of nitrogens with zero attached hydrogens (tertiary/aromatic N) is 3. The Hall–Kier alpha value is -1.80. The minimum atomic E-state index is -3.13. The molecule has 0 unspecified atom stereocenters. The Morgan fingerprint density at radius 1 is 1.24 bits per heavy atom. The number of sulfonamides is 1. The number of ether oxygens (including phenoxy) is 1. The minimum absolute atomic E-state index is 0.490. The van der Waals surface area contributed by atoms with Crippen LogP contribution in [0.4, 0.5) is 0 Å². The van der Waals surface area contributed by atoms with Crippen molar-refractivity contribution >= 4 is 16.0 Å². The molecule has 0 aliphatic carbocycles. The van der Waals surface area contributed by atoms with Crippen LogP contribution in [0.15, 0.2) is 35.3 Å². The van der Waals surface area contributed by atoms with Crippen molar-refractivity contribution in [2.75, 3.05) is 53.1 Å². The molecule has 0 bridgehead atoms. The molecule has 1 aromatic carbocycles. The summed E-state index contributed by atoms with van der Waals surface area (Å²) < 4.78 is 30.2. The molecule has 1 aromatic rings. The van der Waals surface area contributed by atoms with Crippen molar-refractivity contribution in [2.45, 2.75) is 13.3 Å². The standard InChI is InChI=1S/C17H30N4O3S/c1-5-21(25(4,22)23)13-9-12-19-17(18-2)20(3)14-15-24-16-10-7-6-8-11-16/h6-8,10-11H,5,9,12-15H2,1-4H3,(H,18,19).